The molecule has 3 nitrogen and oxygen atoms in total. The minimum atomic E-state index is 0.158. The smallest absolute Gasteiger partial charge is 0.119 e. The van der Waals surface area contributed by atoms with Gasteiger partial charge in [0.25, 0.3) is 0 Å². The first-order valence-electron chi connectivity index (χ1n) is 5.90. The van der Waals surface area contributed by atoms with E-state index in [-0.39, 0.29) is 12.6 Å². The molecule has 1 atom stereocenters. The van der Waals surface area contributed by atoms with Gasteiger partial charge in [0, 0.05) is 17.6 Å². The molecule has 0 radical (unpaired) electrons. The third kappa shape index (κ3) is 4.94. The van der Waals surface area contributed by atoms with Gasteiger partial charge < -0.3 is 15.2 Å². The third-order valence-corrected chi connectivity index (χ3v) is 3.07. The van der Waals surface area contributed by atoms with Crippen LogP contribution in [-0.2, 0) is 0 Å². The van der Waals surface area contributed by atoms with Crippen LogP contribution in [-0.4, -0.2) is 30.9 Å². The standard InChI is InChI=1S/C13H20ClNO2/c1-3-11(9-16)15-6-7-17-12-4-5-13(14)10(2)8-12/h4-5,8,11,15-16H,3,6-7,9H2,1-2H3/t11-/m1/s1. The molecule has 0 fully saturated rings. The average molecular weight is 258 g/mol. The van der Waals surface area contributed by atoms with Crippen LogP contribution >= 0.6 is 11.6 Å². The molecular formula is C13H20ClNO2. The molecule has 0 amide bonds. The minimum absolute atomic E-state index is 0.158. The summed E-state index contributed by atoms with van der Waals surface area (Å²) >= 11 is 5.93. The summed E-state index contributed by atoms with van der Waals surface area (Å²) in [6, 6.07) is 5.78. The lowest BCUT2D eigenvalue weighted by molar-refractivity contribution is 0.227. The zero-order valence-corrected chi connectivity index (χ0v) is 11.1. The molecule has 0 saturated heterocycles. The van der Waals surface area contributed by atoms with E-state index in [2.05, 4.69) is 5.32 Å². The molecule has 1 aromatic carbocycles. The van der Waals surface area contributed by atoms with Crippen molar-refractivity contribution in [2.45, 2.75) is 26.3 Å². The molecule has 4 heteroatoms. The van der Waals surface area contributed by atoms with E-state index in [4.69, 9.17) is 21.4 Å². The lowest BCUT2D eigenvalue weighted by Gasteiger charge is -2.14. The van der Waals surface area contributed by atoms with Crippen LogP contribution in [0.4, 0.5) is 0 Å². The Hall–Kier alpha value is -0.770. The maximum absolute atomic E-state index is 8.99. The molecule has 0 aliphatic heterocycles. The Balaban J connectivity index is 2.28. The summed E-state index contributed by atoms with van der Waals surface area (Å²) in [7, 11) is 0. The summed E-state index contributed by atoms with van der Waals surface area (Å²) < 4.78 is 5.58. The summed E-state index contributed by atoms with van der Waals surface area (Å²) in [6.45, 7) is 5.46. The molecule has 0 heterocycles. The second-order valence-corrected chi connectivity index (χ2v) is 4.41. The Morgan fingerprint density at radius 1 is 1.47 bits per heavy atom. The highest BCUT2D eigenvalue weighted by molar-refractivity contribution is 6.31. The van der Waals surface area contributed by atoms with Crippen molar-refractivity contribution in [3.8, 4) is 5.75 Å². The number of ether oxygens (including phenoxy) is 1. The molecule has 0 spiro atoms. The molecule has 0 aromatic heterocycles. The van der Waals surface area contributed by atoms with Gasteiger partial charge in [-0.2, -0.15) is 0 Å². The summed E-state index contributed by atoms with van der Waals surface area (Å²) in [5.74, 6) is 0.825. The first kappa shape index (κ1) is 14.3. The fraction of sp³-hybridized carbons (Fsp3) is 0.538. The van der Waals surface area contributed by atoms with E-state index in [0.29, 0.717) is 6.61 Å². The molecule has 0 saturated carbocycles. The summed E-state index contributed by atoms with van der Waals surface area (Å²) in [5, 5.41) is 13.0. The molecule has 0 unspecified atom stereocenters. The first-order chi connectivity index (χ1) is 8.17. The van der Waals surface area contributed by atoms with Crippen molar-refractivity contribution in [1.82, 2.24) is 5.32 Å². The molecule has 0 aliphatic rings. The van der Waals surface area contributed by atoms with Crippen LogP contribution in [0.3, 0.4) is 0 Å². The molecule has 17 heavy (non-hydrogen) atoms. The van der Waals surface area contributed by atoms with Crippen molar-refractivity contribution < 1.29 is 9.84 Å². The zero-order valence-electron chi connectivity index (χ0n) is 10.4. The molecule has 2 N–H and O–H groups in total. The lowest BCUT2D eigenvalue weighted by Crippen LogP contribution is -2.34. The Morgan fingerprint density at radius 2 is 2.24 bits per heavy atom. The van der Waals surface area contributed by atoms with Crippen LogP contribution in [0, 0.1) is 6.92 Å². The highest BCUT2D eigenvalue weighted by atomic mass is 35.5. The van der Waals surface area contributed by atoms with Gasteiger partial charge >= 0.3 is 0 Å². The second kappa shape index (κ2) is 7.54. The largest absolute Gasteiger partial charge is 0.492 e. The van der Waals surface area contributed by atoms with E-state index < -0.39 is 0 Å². The molecular weight excluding hydrogens is 238 g/mol. The lowest BCUT2D eigenvalue weighted by atomic mass is 10.2. The monoisotopic (exact) mass is 257 g/mol. The van der Waals surface area contributed by atoms with Gasteiger partial charge in [0.05, 0.1) is 6.61 Å². The number of hydrogen-bond acceptors (Lipinski definition) is 3. The quantitative estimate of drug-likeness (QED) is 0.737. The predicted molar refractivity (Wildman–Crippen MR) is 70.9 cm³/mol. The van der Waals surface area contributed by atoms with Crippen molar-refractivity contribution >= 4 is 11.6 Å². The SMILES string of the molecule is CC[C@H](CO)NCCOc1ccc(Cl)c(C)c1. The Bertz CT molecular complexity index is 340. The molecule has 1 rings (SSSR count). The maximum Gasteiger partial charge on any atom is 0.119 e. The van der Waals surface area contributed by atoms with Gasteiger partial charge in [0.1, 0.15) is 12.4 Å². The second-order valence-electron chi connectivity index (χ2n) is 4.00. The van der Waals surface area contributed by atoms with Gasteiger partial charge in [-0.25, -0.2) is 0 Å². The van der Waals surface area contributed by atoms with Crippen LogP contribution in [0.2, 0.25) is 5.02 Å². The van der Waals surface area contributed by atoms with Crippen LogP contribution in [0.25, 0.3) is 0 Å². The van der Waals surface area contributed by atoms with Gasteiger partial charge in [-0.05, 0) is 37.1 Å². The number of aryl methyl sites for hydroxylation is 1. The van der Waals surface area contributed by atoms with E-state index in [1.165, 1.54) is 0 Å². The number of rotatable bonds is 7. The summed E-state index contributed by atoms with van der Waals surface area (Å²) in [6.07, 6.45) is 0.913. The highest BCUT2D eigenvalue weighted by Gasteiger charge is 2.03. The third-order valence-electron chi connectivity index (χ3n) is 2.65. The maximum atomic E-state index is 8.99. The number of benzene rings is 1. The van der Waals surface area contributed by atoms with Gasteiger partial charge in [-0.1, -0.05) is 18.5 Å². The number of halogens is 1. The Morgan fingerprint density at radius 3 is 2.82 bits per heavy atom. The fourth-order valence-electron chi connectivity index (χ4n) is 1.48. The minimum Gasteiger partial charge on any atom is -0.492 e. The highest BCUT2D eigenvalue weighted by Crippen LogP contribution is 2.20. The van der Waals surface area contributed by atoms with Crippen LogP contribution in [0.1, 0.15) is 18.9 Å². The normalized spacial score (nSPS) is 12.5. The molecule has 96 valence electrons. The number of nitrogens with one attached hydrogen (secondary N) is 1. The summed E-state index contributed by atoms with van der Waals surface area (Å²) in [4.78, 5) is 0. The molecule has 1 aromatic rings. The van der Waals surface area contributed by atoms with E-state index >= 15 is 0 Å². The Labute approximate surface area is 108 Å². The first-order valence-corrected chi connectivity index (χ1v) is 6.28. The molecule has 0 bridgehead atoms. The number of aliphatic hydroxyl groups excluding tert-OH is 1. The van der Waals surface area contributed by atoms with Gasteiger partial charge in [-0.15, -0.1) is 0 Å². The van der Waals surface area contributed by atoms with Crippen molar-refractivity contribution in [2.24, 2.45) is 0 Å². The molecule has 0 aliphatic carbocycles. The van der Waals surface area contributed by atoms with Crippen molar-refractivity contribution in [3.63, 3.8) is 0 Å². The predicted octanol–water partition coefficient (Wildman–Crippen LogP) is 2.39. The topological polar surface area (TPSA) is 41.5 Å². The van der Waals surface area contributed by atoms with Gasteiger partial charge in [-0.3, -0.25) is 0 Å². The van der Waals surface area contributed by atoms with Crippen molar-refractivity contribution in [1.29, 1.82) is 0 Å². The average Bonchev–Trinajstić information content (AvgIpc) is 2.34. The fourth-order valence-corrected chi connectivity index (χ4v) is 1.59. The van der Waals surface area contributed by atoms with Gasteiger partial charge in [0.15, 0.2) is 0 Å². The zero-order chi connectivity index (χ0) is 12.7. The van der Waals surface area contributed by atoms with Crippen LogP contribution in [0.5, 0.6) is 5.75 Å². The Kier molecular flexibility index (Phi) is 6.34. The van der Waals surface area contributed by atoms with Crippen molar-refractivity contribution in [2.75, 3.05) is 19.8 Å². The van der Waals surface area contributed by atoms with Crippen LogP contribution in [0.15, 0.2) is 18.2 Å². The van der Waals surface area contributed by atoms with Crippen molar-refractivity contribution in [3.05, 3.63) is 28.8 Å². The number of aliphatic hydroxyl groups is 1. The summed E-state index contributed by atoms with van der Waals surface area (Å²) in [5.41, 5.74) is 1.01. The number of hydrogen-bond donors (Lipinski definition) is 2. The van der Waals surface area contributed by atoms with Crippen LogP contribution < -0.4 is 10.1 Å². The van der Waals surface area contributed by atoms with E-state index in [1.807, 2.05) is 32.0 Å². The van der Waals surface area contributed by atoms with E-state index in [0.717, 1.165) is 29.3 Å². The van der Waals surface area contributed by atoms with E-state index in [9.17, 15) is 0 Å². The van der Waals surface area contributed by atoms with Gasteiger partial charge in [0.2, 0.25) is 0 Å². The van der Waals surface area contributed by atoms with E-state index in [1.54, 1.807) is 0 Å².